The molecule has 0 amide bonds. The van der Waals surface area contributed by atoms with Gasteiger partial charge in [0.15, 0.2) is 0 Å². The summed E-state index contributed by atoms with van der Waals surface area (Å²) in [5, 5.41) is 2.71. The van der Waals surface area contributed by atoms with Crippen molar-refractivity contribution >= 4 is 26.4 Å². The molecule has 0 aliphatic rings. The lowest BCUT2D eigenvalue weighted by Crippen LogP contribution is -2.12. The molecule has 3 heteroatoms. The summed E-state index contributed by atoms with van der Waals surface area (Å²) in [5.74, 6) is 0. The van der Waals surface area contributed by atoms with Gasteiger partial charge in [0, 0.05) is 22.6 Å². The highest BCUT2D eigenvalue weighted by Crippen LogP contribution is 1.78. The normalized spacial score (nSPS) is 8.33. The van der Waals surface area contributed by atoms with Crippen molar-refractivity contribution in [3.05, 3.63) is 0 Å². The van der Waals surface area contributed by atoms with Gasteiger partial charge in [0.1, 0.15) is 0 Å². The minimum absolute atomic E-state index is 0.148. The van der Waals surface area contributed by atoms with E-state index in [2.05, 4.69) is 5.32 Å². The van der Waals surface area contributed by atoms with Crippen LogP contribution in [0.15, 0.2) is 0 Å². The standard InChI is InChI=1S/C3H6INO/c1-5-2-3(4)6/h5H,2H2,1H3. The topological polar surface area (TPSA) is 29.1 Å². The zero-order valence-electron chi connectivity index (χ0n) is 3.49. The highest BCUT2D eigenvalue weighted by atomic mass is 127. The van der Waals surface area contributed by atoms with E-state index in [1.165, 1.54) is 0 Å². The Morgan fingerprint density at radius 2 is 2.50 bits per heavy atom. The molecule has 2 nitrogen and oxygen atoms in total. The Balaban J connectivity index is 2.83. The van der Waals surface area contributed by atoms with Crippen LogP contribution < -0.4 is 5.32 Å². The van der Waals surface area contributed by atoms with Crippen LogP contribution in [0.4, 0.5) is 0 Å². The lowest BCUT2D eigenvalue weighted by molar-refractivity contribution is -0.108. The van der Waals surface area contributed by atoms with Gasteiger partial charge in [-0.25, -0.2) is 0 Å². The average Bonchev–Trinajstić information content (AvgIpc) is 1.35. The van der Waals surface area contributed by atoms with Crippen LogP contribution in [0.1, 0.15) is 0 Å². The van der Waals surface area contributed by atoms with Gasteiger partial charge in [-0.3, -0.25) is 4.79 Å². The van der Waals surface area contributed by atoms with Crippen molar-refractivity contribution in [1.29, 1.82) is 0 Å². The van der Waals surface area contributed by atoms with Gasteiger partial charge in [0.25, 0.3) is 0 Å². The van der Waals surface area contributed by atoms with Gasteiger partial charge in [0.2, 0.25) is 3.79 Å². The Morgan fingerprint density at radius 1 is 2.00 bits per heavy atom. The van der Waals surface area contributed by atoms with Crippen LogP contribution in [0.2, 0.25) is 0 Å². The molecule has 0 unspecified atom stereocenters. The Bertz CT molecular complexity index is 54.8. The second kappa shape index (κ2) is 3.55. The fourth-order valence-electron chi connectivity index (χ4n) is 0.139. The maximum atomic E-state index is 9.97. The zero-order valence-corrected chi connectivity index (χ0v) is 5.65. The Kier molecular flexibility index (Phi) is 3.76. The van der Waals surface area contributed by atoms with Crippen LogP contribution in [-0.4, -0.2) is 17.4 Å². The molecule has 0 saturated heterocycles. The highest BCUT2D eigenvalue weighted by molar-refractivity contribution is 14.1. The molecule has 0 spiro atoms. The molecular formula is C3H6INO. The van der Waals surface area contributed by atoms with E-state index in [0.717, 1.165) is 0 Å². The molecule has 0 aromatic rings. The molecule has 0 bridgehead atoms. The second-order valence-electron chi connectivity index (χ2n) is 0.885. The van der Waals surface area contributed by atoms with Crippen molar-refractivity contribution < 1.29 is 4.79 Å². The van der Waals surface area contributed by atoms with E-state index in [-0.39, 0.29) is 3.79 Å². The maximum Gasteiger partial charge on any atom is 0.206 e. The summed E-state index contributed by atoms with van der Waals surface area (Å²) < 4.78 is 0.148. The van der Waals surface area contributed by atoms with Gasteiger partial charge in [-0.15, -0.1) is 0 Å². The van der Waals surface area contributed by atoms with E-state index >= 15 is 0 Å². The molecular weight excluding hydrogens is 193 g/mol. The first-order valence-corrected chi connectivity index (χ1v) is 2.68. The molecule has 0 radical (unpaired) electrons. The number of halogens is 1. The number of hydrogen-bond donors (Lipinski definition) is 1. The predicted molar refractivity (Wildman–Crippen MR) is 33.0 cm³/mol. The molecule has 0 aliphatic heterocycles. The van der Waals surface area contributed by atoms with Crippen molar-refractivity contribution in [2.24, 2.45) is 0 Å². The largest absolute Gasteiger partial charge is 0.312 e. The van der Waals surface area contributed by atoms with Crippen LogP contribution in [0.3, 0.4) is 0 Å². The van der Waals surface area contributed by atoms with Gasteiger partial charge in [-0.1, -0.05) is 0 Å². The fourth-order valence-corrected chi connectivity index (χ4v) is 0.520. The first-order valence-electron chi connectivity index (χ1n) is 1.60. The molecule has 0 heterocycles. The zero-order chi connectivity index (χ0) is 4.99. The summed E-state index contributed by atoms with van der Waals surface area (Å²) in [6, 6.07) is 0. The molecule has 1 N–H and O–H groups in total. The Morgan fingerprint density at radius 3 is 2.50 bits per heavy atom. The molecule has 0 aromatic heterocycles. The van der Waals surface area contributed by atoms with Gasteiger partial charge in [0.05, 0.1) is 6.54 Å². The van der Waals surface area contributed by atoms with Crippen LogP contribution in [0.25, 0.3) is 0 Å². The van der Waals surface area contributed by atoms with Crippen molar-refractivity contribution in [2.75, 3.05) is 13.6 Å². The SMILES string of the molecule is CNCC(=O)I. The first kappa shape index (κ1) is 6.36. The predicted octanol–water partition coefficient (Wildman–Crippen LogP) is 0.167. The molecule has 0 atom stereocenters. The average molecular weight is 199 g/mol. The Labute approximate surface area is 50.4 Å². The van der Waals surface area contributed by atoms with E-state index in [0.29, 0.717) is 6.54 Å². The third kappa shape index (κ3) is 4.36. The minimum Gasteiger partial charge on any atom is -0.312 e. The molecule has 0 aliphatic carbocycles. The number of likely N-dealkylation sites (N-methyl/N-ethyl adjacent to an activating group) is 1. The van der Waals surface area contributed by atoms with Crippen molar-refractivity contribution in [2.45, 2.75) is 0 Å². The Hall–Kier alpha value is 0.360. The second-order valence-corrected chi connectivity index (χ2v) is 2.09. The number of carbonyl (C=O) groups excluding carboxylic acids is 1. The first-order chi connectivity index (χ1) is 2.77. The molecule has 0 aromatic carbocycles. The van der Waals surface area contributed by atoms with Gasteiger partial charge in [-0.05, 0) is 7.05 Å². The summed E-state index contributed by atoms with van der Waals surface area (Å²) >= 11 is 1.74. The van der Waals surface area contributed by atoms with Gasteiger partial charge in [-0.2, -0.15) is 0 Å². The third-order valence-corrected chi connectivity index (χ3v) is 0.697. The van der Waals surface area contributed by atoms with Crippen LogP contribution >= 0.6 is 22.6 Å². The maximum absolute atomic E-state index is 9.97. The highest BCUT2D eigenvalue weighted by Gasteiger charge is 1.85. The smallest absolute Gasteiger partial charge is 0.206 e. The molecule has 36 valence electrons. The molecule has 6 heavy (non-hydrogen) atoms. The van der Waals surface area contributed by atoms with E-state index < -0.39 is 0 Å². The van der Waals surface area contributed by atoms with Crippen molar-refractivity contribution in [3.8, 4) is 0 Å². The summed E-state index contributed by atoms with van der Waals surface area (Å²) in [5.41, 5.74) is 0. The number of carbonyl (C=O) groups is 1. The third-order valence-electron chi connectivity index (χ3n) is 0.316. The van der Waals surface area contributed by atoms with Crippen LogP contribution in [0, 0.1) is 0 Å². The molecule has 0 saturated carbocycles. The number of nitrogens with one attached hydrogen (secondary N) is 1. The summed E-state index contributed by atoms with van der Waals surface area (Å²) in [6.07, 6.45) is 0. The number of hydrogen-bond acceptors (Lipinski definition) is 2. The summed E-state index contributed by atoms with van der Waals surface area (Å²) in [7, 11) is 1.75. The summed E-state index contributed by atoms with van der Waals surface area (Å²) in [6.45, 7) is 0.473. The number of rotatable bonds is 2. The quantitative estimate of drug-likeness (QED) is 0.507. The lowest BCUT2D eigenvalue weighted by atomic mass is 10.7. The molecule has 0 rings (SSSR count). The molecule has 0 fully saturated rings. The minimum atomic E-state index is 0.148. The van der Waals surface area contributed by atoms with E-state index in [4.69, 9.17) is 0 Å². The van der Waals surface area contributed by atoms with Crippen LogP contribution in [0.5, 0.6) is 0 Å². The van der Waals surface area contributed by atoms with Gasteiger partial charge < -0.3 is 5.32 Å². The van der Waals surface area contributed by atoms with Crippen molar-refractivity contribution in [3.63, 3.8) is 0 Å². The van der Waals surface area contributed by atoms with Crippen LogP contribution in [-0.2, 0) is 4.79 Å². The van der Waals surface area contributed by atoms with E-state index in [1.54, 1.807) is 29.6 Å². The van der Waals surface area contributed by atoms with E-state index in [9.17, 15) is 4.79 Å². The summed E-state index contributed by atoms with van der Waals surface area (Å²) in [4.78, 5) is 9.97. The van der Waals surface area contributed by atoms with E-state index in [1.807, 2.05) is 0 Å². The van der Waals surface area contributed by atoms with Crippen molar-refractivity contribution in [1.82, 2.24) is 5.32 Å². The lowest BCUT2D eigenvalue weighted by Gasteiger charge is -1.83. The fraction of sp³-hybridized carbons (Fsp3) is 0.667. The monoisotopic (exact) mass is 199 g/mol. The van der Waals surface area contributed by atoms with Gasteiger partial charge >= 0.3 is 0 Å².